The van der Waals surface area contributed by atoms with E-state index in [1.165, 1.54) is 19.3 Å². The van der Waals surface area contributed by atoms with Gasteiger partial charge in [-0.05, 0) is 39.3 Å². The summed E-state index contributed by atoms with van der Waals surface area (Å²) in [6.07, 6.45) is 5.77. The Hall–Kier alpha value is -0.550. The highest BCUT2D eigenvalue weighted by molar-refractivity contribution is 5.07. The average molecular weight is 180 g/mol. The molecule has 0 spiro atoms. The molecule has 0 aliphatic heterocycles. The van der Waals surface area contributed by atoms with E-state index in [9.17, 15) is 5.26 Å². The van der Waals surface area contributed by atoms with E-state index >= 15 is 0 Å². The zero-order valence-electron chi connectivity index (χ0n) is 9.01. The van der Waals surface area contributed by atoms with Gasteiger partial charge in [0.25, 0.3) is 0 Å². The number of hydrogen-bond donors (Lipinski definition) is 0. The van der Waals surface area contributed by atoms with Gasteiger partial charge in [-0.3, -0.25) is 4.90 Å². The van der Waals surface area contributed by atoms with E-state index in [0.717, 1.165) is 18.8 Å². The third-order valence-corrected chi connectivity index (χ3v) is 3.40. The number of nitrogens with zero attached hydrogens (tertiary/aromatic N) is 2. The van der Waals surface area contributed by atoms with E-state index in [2.05, 4.69) is 17.9 Å². The zero-order valence-corrected chi connectivity index (χ0v) is 9.01. The minimum atomic E-state index is -0.176. The lowest BCUT2D eigenvalue weighted by molar-refractivity contribution is 0.190. The molecule has 0 aromatic heterocycles. The number of nitriles is 1. The van der Waals surface area contributed by atoms with Crippen molar-refractivity contribution < 1.29 is 0 Å². The molecule has 0 heterocycles. The van der Waals surface area contributed by atoms with Crippen LogP contribution in [0.15, 0.2) is 0 Å². The summed E-state index contributed by atoms with van der Waals surface area (Å²) < 4.78 is 0. The summed E-state index contributed by atoms with van der Waals surface area (Å²) in [7, 11) is 4.05. The summed E-state index contributed by atoms with van der Waals surface area (Å²) in [5.41, 5.74) is -0.176. The van der Waals surface area contributed by atoms with Crippen LogP contribution in [0.4, 0.5) is 0 Å². The van der Waals surface area contributed by atoms with Gasteiger partial charge < -0.3 is 0 Å². The fourth-order valence-corrected chi connectivity index (χ4v) is 2.16. The Kier molecular flexibility index (Phi) is 3.33. The molecule has 0 radical (unpaired) electrons. The van der Waals surface area contributed by atoms with Crippen molar-refractivity contribution in [3.05, 3.63) is 0 Å². The van der Waals surface area contributed by atoms with Crippen LogP contribution in [-0.2, 0) is 0 Å². The largest absolute Gasteiger partial charge is 0.292 e. The molecule has 1 saturated carbocycles. The van der Waals surface area contributed by atoms with E-state index in [1.54, 1.807) is 0 Å². The predicted molar refractivity (Wildman–Crippen MR) is 54.3 cm³/mol. The Morgan fingerprint density at radius 1 is 1.31 bits per heavy atom. The third-order valence-electron chi connectivity index (χ3n) is 3.40. The topological polar surface area (TPSA) is 27.0 Å². The van der Waals surface area contributed by atoms with Crippen molar-refractivity contribution in [2.24, 2.45) is 5.92 Å². The first kappa shape index (κ1) is 10.5. The van der Waals surface area contributed by atoms with Gasteiger partial charge in [-0.2, -0.15) is 5.26 Å². The molecule has 1 aliphatic carbocycles. The molecule has 1 fully saturated rings. The number of rotatable bonds is 1. The summed E-state index contributed by atoms with van der Waals surface area (Å²) >= 11 is 0. The molecule has 0 amide bonds. The van der Waals surface area contributed by atoms with E-state index < -0.39 is 0 Å². The molecular weight excluding hydrogens is 160 g/mol. The van der Waals surface area contributed by atoms with Gasteiger partial charge in [0, 0.05) is 0 Å². The molecule has 1 rings (SSSR count). The summed E-state index contributed by atoms with van der Waals surface area (Å²) in [4.78, 5) is 2.10. The molecule has 2 unspecified atom stereocenters. The molecule has 0 aromatic carbocycles. The highest BCUT2D eigenvalue weighted by atomic mass is 15.1. The van der Waals surface area contributed by atoms with Gasteiger partial charge in [-0.15, -0.1) is 0 Å². The molecule has 2 nitrogen and oxygen atoms in total. The molecule has 13 heavy (non-hydrogen) atoms. The maximum Gasteiger partial charge on any atom is 0.108 e. The van der Waals surface area contributed by atoms with Gasteiger partial charge in [0.05, 0.1) is 6.07 Å². The normalized spacial score (nSPS) is 35.5. The summed E-state index contributed by atoms with van der Waals surface area (Å²) in [5, 5.41) is 9.23. The van der Waals surface area contributed by atoms with E-state index in [4.69, 9.17) is 0 Å². The highest BCUT2D eigenvalue weighted by Crippen LogP contribution is 2.32. The maximum absolute atomic E-state index is 9.23. The first-order valence-electron chi connectivity index (χ1n) is 5.19. The van der Waals surface area contributed by atoms with Crippen molar-refractivity contribution in [1.82, 2.24) is 4.90 Å². The zero-order chi connectivity index (χ0) is 9.90. The summed E-state index contributed by atoms with van der Waals surface area (Å²) in [6.45, 7) is 2.29. The SMILES string of the molecule is CC1CCCC(C#N)(N(C)C)CC1. The molecule has 2 atom stereocenters. The van der Waals surface area contributed by atoms with Gasteiger partial charge in [0.2, 0.25) is 0 Å². The second-order valence-electron chi connectivity index (χ2n) is 4.57. The maximum atomic E-state index is 9.23. The van der Waals surface area contributed by atoms with Crippen LogP contribution in [0.25, 0.3) is 0 Å². The van der Waals surface area contributed by atoms with Crippen molar-refractivity contribution in [1.29, 1.82) is 5.26 Å². The van der Waals surface area contributed by atoms with Crippen LogP contribution in [-0.4, -0.2) is 24.5 Å². The van der Waals surface area contributed by atoms with Crippen molar-refractivity contribution in [2.75, 3.05) is 14.1 Å². The minimum Gasteiger partial charge on any atom is -0.292 e. The molecule has 1 aliphatic rings. The lowest BCUT2D eigenvalue weighted by Gasteiger charge is -2.32. The fourth-order valence-electron chi connectivity index (χ4n) is 2.16. The van der Waals surface area contributed by atoms with Crippen LogP contribution in [0.5, 0.6) is 0 Å². The first-order chi connectivity index (χ1) is 6.10. The van der Waals surface area contributed by atoms with Crippen molar-refractivity contribution in [3.63, 3.8) is 0 Å². The van der Waals surface area contributed by atoms with Gasteiger partial charge in [0.15, 0.2) is 0 Å². The molecule has 0 aromatic rings. The smallest absolute Gasteiger partial charge is 0.108 e. The Balaban J connectivity index is 2.71. The second kappa shape index (κ2) is 4.11. The molecule has 74 valence electrons. The Bertz CT molecular complexity index is 205. The molecule has 0 N–H and O–H groups in total. The fraction of sp³-hybridized carbons (Fsp3) is 0.909. The lowest BCUT2D eigenvalue weighted by atomic mass is 9.90. The minimum absolute atomic E-state index is 0.176. The molecule has 0 bridgehead atoms. The van der Waals surface area contributed by atoms with Gasteiger partial charge in [-0.1, -0.05) is 19.8 Å². The van der Waals surface area contributed by atoms with E-state index in [0.29, 0.717) is 0 Å². The van der Waals surface area contributed by atoms with Crippen molar-refractivity contribution in [3.8, 4) is 6.07 Å². The van der Waals surface area contributed by atoms with Crippen LogP contribution >= 0.6 is 0 Å². The van der Waals surface area contributed by atoms with Crippen molar-refractivity contribution in [2.45, 2.75) is 44.6 Å². The lowest BCUT2D eigenvalue weighted by Crippen LogP contribution is -2.42. The summed E-state index contributed by atoms with van der Waals surface area (Å²) in [5.74, 6) is 0.801. The van der Waals surface area contributed by atoms with Gasteiger partial charge in [0.1, 0.15) is 5.54 Å². The monoisotopic (exact) mass is 180 g/mol. The van der Waals surface area contributed by atoms with Gasteiger partial charge in [-0.25, -0.2) is 0 Å². The Labute approximate surface area is 81.5 Å². The Morgan fingerprint density at radius 2 is 2.00 bits per heavy atom. The van der Waals surface area contributed by atoms with Crippen LogP contribution in [0, 0.1) is 17.2 Å². The van der Waals surface area contributed by atoms with Crippen LogP contribution < -0.4 is 0 Å². The van der Waals surface area contributed by atoms with Gasteiger partial charge >= 0.3 is 0 Å². The predicted octanol–water partition coefficient (Wildman–Crippen LogP) is 2.41. The quantitative estimate of drug-likeness (QED) is 0.579. The molecular formula is C11H20N2. The van der Waals surface area contributed by atoms with Crippen molar-refractivity contribution >= 4 is 0 Å². The Morgan fingerprint density at radius 3 is 2.54 bits per heavy atom. The van der Waals surface area contributed by atoms with Crippen LogP contribution in [0.2, 0.25) is 0 Å². The summed E-state index contributed by atoms with van der Waals surface area (Å²) in [6, 6.07) is 2.50. The van der Waals surface area contributed by atoms with Crippen LogP contribution in [0.3, 0.4) is 0 Å². The highest BCUT2D eigenvalue weighted by Gasteiger charge is 2.34. The average Bonchev–Trinajstić information content (AvgIpc) is 2.28. The first-order valence-corrected chi connectivity index (χ1v) is 5.19. The second-order valence-corrected chi connectivity index (χ2v) is 4.57. The third kappa shape index (κ3) is 2.22. The number of hydrogen-bond acceptors (Lipinski definition) is 2. The molecule has 2 heteroatoms. The standard InChI is InChI=1S/C11H20N2/c1-10-5-4-7-11(9-12,8-6-10)13(2)3/h10H,4-8H2,1-3H3. The van der Waals surface area contributed by atoms with E-state index in [1.807, 2.05) is 14.1 Å². The molecule has 0 saturated heterocycles. The van der Waals surface area contributed by atoms with Crippen LogP contribution in [0.1, 0.15) is 39.0 Å². The van der Waals surface area contributed by atoms with E-state index in [-0.39, 0.29) is 5.54 Å².